The van der Waals surface area contributed by atoms with Crippen LogP contribution in [-0.4, -0.2) is 53.9 Å². The van der Waals surface area contributed by atoms with Crippen LogP contribution in [0, 0.1) is 6.92 Å². The monoisotopic (exact) mass is 470 g/mol. The third kappa shape index (κ3) is 3.71. The number of nitrogens with zero attached hydrogens (tertiary/aromatic N) is 5. The first-order valence-electron chi connectivity index (χ1n) is 11.8. The number of hydrogen-bond acceptors (Lipinski definition) is 6. The topological polar surface area (TPSA) is 134 Å². The molecule has 3 aromatic heterocycles. The van der Waals surface area contributed by atoms with Crippen molar-refractivity contribution >= 4 is 29.0 Å². The second-order valence-corrected chi connectivity index (χ2v) is 9.33. The molecule has 5 heterocycles. The minimum atomic E-state index is -0.244. The maximum Gasteiger partial charge on any atom is 0.256 e. The lowest BCUT2D eigenvalue weighted by Crippen LogP contribution is -2.41. The zero-order valence-corrected chi connectivity index (χ0v) is 19.4. The number of hydrogen-bond donors (Lipinski definition) is 3. The molecule has 10 heteroatoms. The first kappa shape index (κ1) is 21.3. The van der Waals surface area contributed by atoms with Crippen molar-refractivity contribution in [1.29, 1.82) is 0 Å². The average molecular weight is 471 g/mol. The van der Waals surface area contributed by atoms with E-state index in [2.05, 4.69) is 20.5 Å². The van der Waals surface area contributed by atoms with Crippen molar-refractivity contribution in [3.63, 3.8) is 0 Å². The molecule has 178 valence electrons. The predicted molar refractivity (Wildman–Crippen MR) is 131 cm³/mol. The normalized spacial score (nSPS) is 19.8. The van der Waals surface area contributed by atoms with Crippen molar-refractivity contribution in [3.8, 4) is 11.3 Å². The van der Waals surface area contributed by atoms with Crippen molar-refractivity contribution in [3.05, 3.63) is 59.8 Å². The Balaban J connectivity index is 1.32. The molecule has 1 aromatic carbocycles. The molecule has 0 saturated carbocycles. The number of aromatic nitrogens is 5. The second-order valence-electron chi connectivity index (χ2n) is 9.33. The van der Waals surface area contributed by atoms with Crippen LogP contribution < -0.4 is 11.1 Å². The minimum absolute atomic E-state index is 0.124. The molecule has 4 N–H and O–H groups in total. The lowest BCUT2D eigenvalue weighted by atomic mass is 9.92. The average Bonchev–Trinajstić information content (AvgIpc) is 3.56. The summed E-state index contributed by atoms with van der Waals surface area (Å²) in [5.41, 5.74) is 9.97. The number of fused-ring (bicyclic) bond motifs is 2. The fraction of sp³-hybridized carbons (Fsp3) is 0.320. The SMILES string of the molecule is Cc1cc(NC(=O)c2ccc(-c3nc([C@@H]4CC[C@H]5CCC(=O)N5C4)n4ccnc(N)c34)cc2)n[nH]1. The number of benzene rings is 1. The predicted octanol–water partition coefficient (Wildman–Crippen LogP) is 3.13. The highest BCUT2D eigenvalue weighted by Gasteiger charge is 2.38. The Kier molecular flexibility index (Phi) is 5.01. The van der Waals surface area contributed by atoms with Gasteiger partial charge < -0.3 is 16.0 Å². The van der Waals surface area contributed by atoms with Gasteiger partial charge in [0.1, 0.15) is 22.9 Å². The molecule has 6 rings (SSSR count). The fourth-order valence-corrected chi connectivity index (χ4v) is 5.30. The summed E-state index contributed by atoms with van der Waals surface area (Å²) in [7, 11) is 0. The quantitative estimate of drug-likeness (QED) is 0.419. The fourth-order valence-electron chi connectivity index (χ4n) is 5.30. The van der Waals surface area contributed by atoms with E-state index in [1.54, 1.807) is 24.4 Å². The number of aromatic amines is 1. The van der Waals surface area contributed by atoms with Crippen LogP contribution in [0.15, 0.2) is 42.7 Å². The van der Waals surface area contributed by atoms with Gasteiger partial charge in [-0.25, -0.2) is 9.97 Å². The number of amides is 2. The van der Waals surface area contributed by atoms with Gasteiger partial charge in [0, 0.05) is 60.2 Å². The minimum Gasteiger partial charge on any atom is -0.382 e. The van der Waals surface area contributed by atoms with E-state index in [9.17, 15) is 9.59 Å². The van der Waals surface area contributed by atoms with E-state index in [1.165, 1.54) is 0 Å². The number of aryl methyl sites for hydroxylation is 1. The van der Waals surface area contributed by atoms with Crippen LogP contribution in [0.1, 0.15) is 53.5 Å². The van der Waals surface area contributed by atoms with Gasteiger partial charge in [0.15, 0.2) is 5.82 Å². The van der Waals surface area contributed by atoms with E-state index in [0.717, 1.165) is 47.6 Å². The Bertz CT molecular complexity index is 1440. The number of nitrogens with two attached hydrogens (primary N) is 1. The molecule has 2 saturated heterocycles. The van der Waals surface area contributed by atoms with E-state index in [0.29, 0.717) is 36.2 Å². The number of rotatable bonds is 4. The van der Waals surface area contributed by atoms with E-state index in [4.69, 9.17) is 10.7 Å². The molecule has 0 aliphatic carbocycles. The van der Waals surface area contributed by atoms with E-state index in [1.807, 2.05) is 34.6 Å². The van der Waals surface area contributed by atoms with Crippen LogP contribution in [0.4, 0.5) is 11.6 Å². The molecule has 0 unspecified atom stereocenters. The summed E-state index contributed by atoms with van der Waals surface area (Å²) in [6, 6.07) is 9.38. The molecule has 2 atom stereocenters. The summed E-state index contributed by atoms with van der Waals surface area (Å²) in [4.78, 5) is 36.3. The molecule has 0 radical (unpaired) electrons. The van der Waals surface area contributed by atoms with Crippen LogP contribution >= 0.6 is 0 Å². The summed E-state index contributed by atoms with van der Waals surface area (Å²) < 4.78 is 2.00. The van der Waals surface area contributed by atoms with Gasteiger partial charge in [0.2, 0.25) is 5.91 Å². The number of imidazole rings is 1. The molecular formula is C25H26N8O2. The number of piperidine rings is 1. The second kappa shape index (κ2) is 8.23. The highest BCUT2D eigenvalue weighted by Crippen LogP contribution is 2.38. The van der Waals surface area contributed by atoms with Crippen LogP contribution in [0.25, 0.3) is 16.8 Å². The largest absolute Gasteiger partial charge is 0.382 e. The van der Waals surface area contributed by atoms with Crippen molar-refractivity contribution in [2.24, 2.45) is 0 Å². The molecular weight excluding hydrogens is 444 g/mol. The number of carbonyl (C=O) groups is 2. The summed E-state index contributed by atoms with van der Waals surface area (Å²) in [5, 5.41) is 9.64. The summed E-state index contributed by atoms with van der Waals surface area (Å²) in [6.45, 7) is 2.55. The first-order chi connectivity index (χ1) is 17.0. The van der Waals surface area contributed by atoms with Gasteiger partial charge in [-0.2, -0.15) is 5.10 Å². The van der Waals surface area contributed by atoms with Crippen LogP contribution in [-0.2, 0) is 4.79 Å². The maximum atomic E-state index is 12.6. The zero-order valence-electron chi connectivity index (χ0n) is 19.4. The molecule has 35 heavy (non-hydrogen) atoms. The maximum absolute atomic E-state index is 12.6. The molecule has 10 nitrogen and oxygen atoms in total. The summed E-state index contributed by atoms with van der Waals surface area (Å²) in [5.74, 6) is 1.87. The number of nitrogens with one attached hydrogen (secondary N) is 2. The molecule has 2 aliphatic rings. The molecule has 0 spiro atoms. The lowest BCUT2D eigenvalue weighted by Gasteiger charge is -2.34. The van der Waals surface area contributed by atoms with Gasteiger partial charge in [-0.3, -0.25) is 19.1 Å². The van der Waals surface area contributed by atoms with E-state index >= 15 is 0 Å². The van der Waals surface area contributed by atoms with Crippen LogP contribution in [0.2, 0.25) is 0 Å². The summed E-state index contributed by atoms with van der Waals surface area (Å²) in [6.07, 6.45) is 7.11. The number of carbonyl (C=O) groups excluding carboxylic acids is 2. The molecule has 2 aliphatic heterocycles. The first-order valence-corrected chi connectivity index (χ1v) is 11.8. The third-order valence-electron chi connectivity index (χ3n) is 7.06. The Morgan fingerprint density at radius 3 is 2.80 bits per heavy atom. The molecule has 2 fully saturated rings. The van der Waals surface area contributed by atoms with E-state index < -0.39 is 0 Å². The highest BCUT2D eigenvalue weighted by molar-refractivity contribution is 6.04. The van der Waals surface area contributed by atoms with Gasteiger partial charge in [0.05, 0.1) is 0 Å². The summed E-state index contributed by atoms with van der Waals surface area (Å²) >= 11 is 0. The molecule has 0 bridgehead atoms. The van der Waals surface area contributed by atoms with Crippen molar-refractivity contribution in [2.45, 2.75) is 44.6 Å². The number of nitrogen functional groups attached to an aromatic ring is 1. The third-order valence-corrected chi connectivity index (χ3v) is 7.06. The van der Waals surface area contributed by atoms with Crippen molar-refractivity contribution < 1.29 is 9.59 Å². The van der Waals surface area contributed by atoms with Gasteiger partial charge in [0.25, 0.3) is 5.91 Å². The number of H-pyrrole nitrogens is 1. The highest BCUT2D eigenvalue weighted by atomic mass is 16.2. The van der Waals surface area contributed by atoms with E-state index in [-0.39, 0.29) is 17.7 Å². The van der Waals surface area contributed by atoms with Crippen molar-refractivity contribution in [2.75, 3.05) is 17.6 Å². The number of anilines is 2. The smallest absolute Gasteiger partial charge is 0.256 e. The Morgan fingerprint density at radius 2 is 2.03 bits per heavy atom. The lowest BCUT2D eigenvalue weighted by molar-refractivity contribution is -0.130. The van der Waals surface area contributed by atoms with Gasteiger partial charge in [-0.1, -0.05) is 12.1 Å². The zero-order chi connectivity index (χ0) is 24.1. The van der Waals surface area contributed by atoms with Crippen molar-refractivity contribution in [1.82, 2.24) is 29.5 Å². The van der Waals surface area contributed by atoms with Crippen LogP contribution in [0.3, 0.4) is 0 Å². The standard InChI is InChI=1S/C25H26N8O2/c1-14-12-19(31-30-14)28-25(35)16-4-2-15(3-5-16)21-22-23(26)27-10-11-32(22)24(29-21)17-6-7-18-8-9-20(34)33(18)13-17/h2-5,10-12,17-18H,6-9,13H2,1H3,(H2,26,27)(H2,28,30,31,35)/t17-,18+/m1/s1. The Hall–Kier alpha value is -4.21. The van der Waals surface area contributed by atoms with Gasteiger partial charge >= 0.3 is 0 Å². The Labute approximate surface area is 201 Å². The molecule has 4 aromatic rings. The van der Waals surface area contributed by atoms with Gasteiger partial charge in [-0.15, -0.1) is 0 Å². The molecule has 2 amide bonds. The Morgan fingerprint density at radius 1 is 1.20 bits per heavy atom. The van der Waals surface area contributed by atoms with Crippen LogP contribution in [0.5, 0.6) is 0 Å². The van der Waals surface area contributed by atoms with Gasteiger partial charge in [-0.05, 0) is 38.3 Å².